The van der Waals surface area contributed by atoms with Gasteiger partial charge in [-0.3, -0.25) is 19.9 Å². The highest BCUT2D eigenvalue weighted by Crippen LogP contribution is 2.18. The second-order valence-corrected chi connectivity index (χ2v) is 6.24. The lowest BCUT2D eigenvalue weighted by atomic mass is 9.98. The number of esters is 1. The number of non-ortho nitro benzene ring substituents is 1. The summed E-state index contributed by atoms with van der Waals surface area (Å²) in [6, 6.07) is 6.30. The molecule has 0 amide bonds. The van der Waals surface area contributed by atoms with Gasteiger partial charge in [0, 0.05) is 51.0 Å². The van der Waals surface area contributed by atoms with Crippen LogP contribution in [0.3, 0.4) is 0 Å². The van der Waals surface area contributed by atoms with Gasteiger partial charge < -0.3 is 20.3 Å². The van der Waals surface area contributed by atoms with Crippen LogP contribution in [0.4, 0.5) is 11.4 Å². The number of rotatable bonds is 7. The van der Waals surface area contributed by atoms with Gasteiger partial charge >= 0.3 is 5.97 Å². The fraction of sp³-hybridized carbons (Fsp3) is 0.556. The number of carbonyl (C=O) groups is 1. The summed E-state index contributed by atoms with van der Waals surface area (Å²) in [6.07, 6.45) is 1.76. The normalized spacial score (nSPS) is 17.3. The van der Waals surface area contributed by atoms with Crippen LogP contribution in [0.1, 0.15) is 19.8 Å². The van der Waals surface area contributed by atoms with Crippen LogP contribution in [0.25, 0.3) is 0 Å². The first-order valence-electron chi connectivity index (χ1n) is 9.15. The number of hydrogen-bond donors (Lipinski definition) is 2. The second kappa shape index (κ2) is 10.3. The molecule has 2 rings (SSSR count). The predicted octanol–water partition coefficient (Wildman–Crippen LogP) is 1.86. The van der Waals surface area contributed by atoms with Gasteiger partial charge in [-0.15, -0.1) is 0 Å². The molecule has 148 valence electrons. The molecule has 1 fully saturated rings. The zero-order valence-electron chi connectivity index (χ0n) is 15.8. The molecule has 1 aliphatic heterocycles. The Balaban J connectivity index is 1.78. The number of nitro groups is 1. The molecule has 1 unspecified atom stereocenters. The first-order valence-corrected chi connectivity index (χ1v) is 9.15. The zero-order valence-corrected chi connectivity index (χ0v) is 15.8. The van der Waals surface area contributed by atoms with Crippen LogP contribution in [-0.4, -0.2) is 61.6 Å². The standard InChI is InChI=1S/C18H27N5O4/c1-3-27-17(24)14-5-4-12-22(13-14)18(19-2)21-11-10-20-15-6-8-16(9-7-15)23(25)26/h6-9,14,20H,3-5,10-13H2,1-2H3,(H,19,21). The molecule has 27 heavy (non-hydrogen) atoms. The molecular formula is C18H27N5O4. The average molecular weight is 377 g/mol. The van der Waals surface area contributed by atoms with Gasteiger partial charge in [0.15, 0.2) is 5.96 Å². The SMILES string of the molecule is CCOC(=O)C1CCCN(C(=NC)NCCNc2ccc([N+](=O)[O-])cc2)C1. The van der Waals surface area contributed by atoms with Crippen LogP contribution in [0, 0.1) is 16.0 Å². The summed E-state index contributed by atoms with van der Waals surface area (Å²) < 4.78 is 5.14. The van der Waals surface area contributed by atoms with E-state index in [2.05, 4.69) is 20.5 Å². The van der Waals surface area contributed by atoms with E-state index in [1.54, 1.807) is 19.2 Å². The molecular weight excluding hydrogens is 350 g/mol. The van der Waals surface area contributed by atoms with E-state index < -0.39 is 4.92 Å². The van der Waals surface area contributed by atoms with E-state index in [1.165, 1.54) is 12.1 Å². The maximum Gasteiger partial charge on any atom is 0.310 e. The Morgan fingerprint density at radius 2 is 2.11 bits per heavy atom. The molecule has 0 aliphatic carbocycles. The molecule has 0 spiro atoms. The van der Waals surface area contributed by atoms with Crippen molar-refractivity contribution in [3.63, 3.8) is 0 Å². The Kier molecular flexibility index (Phi) is 7.84. The lowest BCUT2D eigenvalue weighted by molar-refractivity contribution is -0.384. The average Bonchev–Trinajstić information content (AvgIpc) is 2.68. The van der Waals surface area contributed by atoms with Crippen LogP contribution >= 0.6 is 0 Å². The first-order chi connectivity index (χ1) is 13.0. The minimum atomic E-state index is -0.419. The number of benzene rings is 1. The third-order valence-electron chi connectivity index (χ3n) is 4.37. The van der Waals surface area contributed by atoms with Gasteiger partial charge in [-0.1, -0.05) is 0 Å². The van der Waals surface area contributed by atoms with Gasteiger partial charge in [-0.2, -0.15) is 0 Å². The van der Waals surface area contributed by atoms with E-state index in [0.717, 1.165) is 31.0 Å². The number of nitrogens with zero attached hydrogens (tertiary/aromatic N) is 3. The Hall–Kier alpha value is -2.84. The minimum Gasteiger partial charge on any atom is -0.466 e. The van der Waals surface area contributed by atoms with Crippen LogP contribution in [0.15, 0.2) is 29.3 Å². The number of piperidine rings is 1. The van der Waals surface area contributed by atoms with E-state index in [9.17, 15) is 14.9 Å². The van der Waals surface area contributed by atoms with Crippen molar-refractivity contribution >= 4 is 23.3 Å². The lowest BCUT2D eigenvalue weighted by Gasteiger charge is -2.34. The Morgan fingerprint density at radius 3 is 2.74 bits per heavy atom. The smallest absolute Gasteiger partial charge is 0.310 e. The van der Waals surface area contributed by atoms with Gasteiger partial charge in [-0.25, -0.2) is 0 Å². The topological polar surface area (TPSA) is 109 Å². The number of nitrogens with one attached hydrogen (secondary N) is 2. The van der Waals surface area contributed by atoms with Crippen molar-refractivity contribution in [1.82, 2.24) is 10.2 Å². The fourth-order valence-corrected chi connectivity index (χ4v) is 3.04. The molecule has 9 heteroatoms. The van der Waals surface area contributed by atoms with Crippen molar-refractivity contribution in [2.24, 2.45) is 10.9 Å². The molecule has 0 bridgehead atoms. The molecule has 0 aromatic heterocycles. The highest BCUT2D eigenvalue weighted by Gasteiger charge is 2.28. The molecule has 1 aliphatic rings. The predicted molar refractivity (Wildman–Crippen MR) is 104 cm³/mol. The summed E-state index contributed by atoms with van der Waals surface area (Å²) in [6.45, 7) is 4.93. The summed E-state index contributed by atoms with van der Waals surface area (Å²) in [5.41, 5.74) is 0.887. The molecule has 0 radical (unpaired) electrons. The summed E-state index contributed by atoms with van der Waals surface area (Å²) >= 11 is 0. The lowest BCUT2D eigenvalue weighted by Crippen LogP contribution is -2.49. The molecule has 1 aromatic carbocycles. The summed E-state index contributed by atoms with van der Waals surface area (Å²) in [7, 11) is 1.72. The van der Waals surface area contributed by atoms with E-state index in [4.69, 9.17) is 4.74 Å². The third kappa shape index (κ3) is 6.12. The molecule has 2 N–H and O–H groups in total. The maximum atomic E-state index is 12.0. The highest BCUT2D eigenvalue weighted by molar-refractivity contribution is 5.81. The second-order valence-electron chi connectivity index (χ2n) is 6.24. The number of likely N-dealkylation sites (tertiary alicyclic amines) is 1. The van der Waals surface area contributed by atoms with Crippen LogP contribution in [0.2, 0.25) is 0 Å². The van der Waals surface area contributed by atoms with Crippen LogP contribution in [-0.2, 0) is 9.53 Å². The van der Waals surface area contributed by atoms with Gasteiger partial charge in [-0.05, 0) is 31.9 Å². The monoisotopic (exact) mass is 377 g/mol. The Morgan fingerprint density at radius 1 is 1.37 bits per heavy atom. The van der Waals surface area contributed by atoms with Crippen molar-refractivity contribution < 1.29 is 14.5 Å². The maximum absolute atomic E-state index is 12.0. The minimum absolute atomic E-state index is 0.0698. The Labute approximate surface area is 158 Å². The van der Waals surface area contributed by atoms with E-state index >= 15 is 0 Å². The largest absolute Gasteiger partial charge is 0.466 e. The van der Waals surface area contributed by atoms with Gasteiger partial charge in [0.1, 0.15) is 0 Å². The van der Waals surface area contributed by atoms with E-state index in [0.29, 0.717) is 26.2 Å². The number of hydrogen-bond acceptors (Lipinski definition) is 6. The highest BCUT2D eigenvalue weighted by atomic mass is 16.6. The quantitative estimate of drug-likeness (QED) is 0.186. The molecule has 1 aromatic rings. The van der Waals surface area contributed by atoms with Gasteiger partial charge in [0.05, 0.1) is 17.4 Å². The van der Waals surface area contributed by atoms with Gasteiger partial charge in [0.25, 0.3) is 5.69 Å². The number of aliphatic imine (C=N–C) groups is 1. The van der Waals surface area contributed by atoms with Crippen LogP contribution in [0.5, 0.6) is 0 Å². The number of ether oxygens (including phenoxy) is 1. The summed E-state index contributed by atoms with van der Waals surface area (Å²) in [5.74, 6) is 0.502. The molecule has 9 nitrogen and oxygen atoms in total. The zero-order chi connectivity index (χ0) is 19.6. The van der Waals surface area contributed by atoms with Crippen molar-refractivity contribution in [3.05, 3.63) is 34.4 Å². The van der Waals surface area contributed by atoms with Crippen LogP contribution < -0.4 is 10.6 Å². The molecule has 0 saturated carbocycles. The molecule has 1 heterocycles. The summed E-state index contributed by atoms with van der Waals surface area (Å²) in [5, 5.41) is 17.1. The first kappa shape index (κ1) is 20.5. The summed E-state index contributed by atoms with van der Waals surface area (Å²) in [4.78, 5) is 28.6. The third-order valence-corrected chi connectivity index (χ3v) is 4.37. The number of carbonyl (C=O) groups excluding carboxylic acids is 1. The number of nitro benzene ring substituents is 1. The Bertz CT molecular complexity index is 662. The van der Waals surface area contributed by atoms with Crippen molar-refractivity contribution in [2.75, 3.05) is 45.2 Å². The fourth-order valence-electron chi connectivity index (χ4n) is 3.04. The number of guanidine groups is 1. The van der Waals surface area contributed by atoms with E-state index in [1.807, 2.05) is 6.92 Å². The van der Waals surface area contributed by atoms with Crippen molar-refractivity contribution in [3.8, 4) is 0 Å². The van der Waals surface area contributed by atoms with Crippen molar-refractivity contribution in [2.45, 2.75) is 19.8 Å². The molecule has 1 saturated heterocycles. The van der Waals surface area contributed by atoms with Gasteiger partial charge in [0.2, 0.25) is 0 Å². The van der Waals surface area contributed by atoms with Crippen molar-refractivity contribution in [1.29, 1.82) is 0 Å². The number of anilines is 1. The molecule has 1 atom stereocenters. The van der Waals surface area contributed by atoms with E-state index in [-0.39, 0.29) is 17.6 Å².